The summed E-state index contributed by atoms with van der Waals surface area (Å²) in [5.41, 5.74) is 2.50. The minimum Gasteiger partial charge on any atom is -0.497 e. The lowest BCUT2D eigenvalue weighted by molar-refractivity contribution is 0.414. The van der Waals surface area contributed by atoms with E-state index in [2.05, 4.69) is 10.1 Å². The van der Waals surface area contributed by atoms with Crippen LogP contribution in [0.2, 0.25) is 0 Å². The smallest absolute Gasteiger partial charge is 0.281 e. The van der Waals surface area contributed by atoms with Gasteiger partial charge in [-0.05, 0) is 32.0 Å². The number of hydrogen-bond donors (Lipinski definition) is 1. The highest BCUT2D eigenvalue weighted by Gasteiger charge is 2.18. The Morgan fingerprint density at radius 1 is 1.04 bits per heavy atom. The highest BCUT2D eigenvalue weighted by Crippen LogP contribution is 2.27. The van der Waals surface area contributed by atoms with Crippen molar-refractivity contribution < 1.29 is 4.74 Å². The van der Waals surface area contributed by atoms with Crippen LogP contribution in [0, 0.1) is 13.8 Å². The molecule has 0 unspecified atom stereocenters. The van der Waals surface area contributed by atoms with Crippen molar-refractivity contribution in [1.82, 2.24) is 19.3 Å². The molecule has 4 rings (SSSR count). The second kappa shape index (κ2) is 6.28. The predicted molar refractivity (Wildman–Crippen MR) is 103 cm³/mol. The molecule has 4 aromatic rings. The first-order valence-electron chi connectivity index (χ1n) is 8.44. The van der Waals surface area contributed by atoms with Crippen LogP contribution in [-0.4, -0.2) is 26.4 Å². The summed E-state index contributed by atoms with van der Waals surface area (Å²) in [5, 5.41) is 5.63. The van der Waals surface area contributed by atoms with Crippen molar-refractivity contribution >= 4 is 10.8 Å². The molecule has 0 bridgehead atoms. The molecule has 7 heteroatoms. The summed E-state index contributed by atoms with van der Waals surface area (Å²) in [6.07, 6.45) is 3.16. The van der Waals surface area contributed by atoms with Gasteiger partial charge in [-0.1, -0.05) is 6.07 Å². The summed E-state index contributed by atoms with van der Waals surface area (Å²) < 4.78 is 8.58. The van der Waals surface area contributed by atoms with Crippen LogP contribution in [-0.2, 0) is 0 Å². The molecular weight excluding hydrogens is 344 g/mol. The first-order valence-corrected chi connectivity index (χ1v) is 8.44. The lowest BCUT2D eigenvalue weighted by atomic mass is 10.2. The van der Waals surface area contributed by atoms with E-state index < -0.39 is 0 Å². The molecule has 0 aliphatic heterocycles. The molecular formula is C20H18N4O3. The maximum absolute atomic E-state index is 13.1. The zero-order valence-corrected chi connectivity index (χ0v) is 15.2. The van der Waals surface area contributed by atoms with Gasteiger partial charge in [0.25, 0.3) is 5.56 Å². The number of aryl methyl sites for hydroxylation is 2. The maximum atomic E-state index is 13.1. The fourth-order valence-corrected chi connectivity index (χ4v) is 3.45. The van der Waals surface area contributed by atoms with E-state index in [-0.39, 0.29) is 11.1 Å². The van der Waals surface area contributed by atoms with Gasteiger partial charge >= 0.3 is 0 Å². The van der Waals surface area contributed by atoms with Gasteiger partial charge in [-0.25, -0.2) is 0 Å². The van der Waals surface area contributed by atoms with E-state index in [9.17, 15) is 9.59 Å². The molecule has 136 valence electrons. The first-order chi connectivity index (χ1) is 13.0. The lowest BCUT2D eigenvalue weighted by Gasteiger charge is -2.10. The number of pyridine rings is 1. The van der Waals surface area contributed by atoms with Crippen LogP contribution in [0.15, 0.2) is 58.4 Å². The molecule has 1 aromatic carbocycles. The number of hydrogen-bond acceptors (Lipinski definition) is 4. The third-order valence-electron chi connectivity index (χ3n) is 4.72. The Labute approximate surface area is 154 Å². The van der Waals surface area contributed by atoms with Crippen LogP contribution in [0.3, 0.4) is 0 Å². The van der Waals surface area contributed by atoms with Crippen molar-refractivity contribution in [3.8, 4) is 17.1 Å². The van der Waals surface area contributed by atoms with E-state index in [1.165, 1.54) is 16.9 Å². The summed E-state index contributed by atoms with van der Waals surface area (Å²) in [5.74, 6) is 0.739. The van der Waals surface area contributed by atoms with Gasteiger partial charge < -0.3 is 14.3 Å². The quantitative estimate of drug-likeness (QED) is 0.607. The van der Waals surface area contributed by atoms with E-state index in [0.29, 0.717) is 11.1 Å². The van der Waals surface area contributed by atoms with Gasteiger partial charge in [0.15, 0.2) is 0 Å². The number of benzene rings is 1. The molecule has 3 aromatic heterocycles. The third kappa shape index (κ3) is 2.64. The van der Waals surface area contributed by atoms with E-state index in [1.54, 1.807) is 19.4 Å². The van der Waals surface area contributed by atoms with Crippen LogP contribution in [0.1, 0.15) is 11.4 Å². The van der Waals surface area contributed by atoms with E-state index >= 15 is 0 Å². The summed E-state index contributed by atoms with van der Waals surface area (Å²) in [7, 11) is 1.62. The van der Waals surface area contributed by atoms with Crippen LogP contribution in [0.5, 0.6) is 5.75 Å². The maximum Gasteiger partial charge on any atom is 0.281 e. The van der Waals surface area contributed by atoms with Gasteiger partial charge in [-0.15, -0.1) is 0 Å². The monoisotopic (exact) mass is 362 g/mol. The van der Waals surface area contributed by atoms with Gasteiger partial charge in [0.05, 0.1) is 24.4 Å². The van der Waals surface area contributed by atoms with E-state index in [0.717, 1.165) is 28.2 Å². The second-order valence-corrected chi connectivity index (χ2v) is 6.27. The molecule has 7 nitrogen and oxygen atoms in total. The average molecular weight is 362 g/mol. The molecule has 1 N–H and O–H groups in total. The van der Waals surface area contributed by atoms with Gasteiger partial charge in [0.1, 0.15) is 5.75 Å². The molecule has 0 atom stereocenters. The fraction of sp³-hybridized carbons (Fsp3) is 0.150. The predicted octanol–water partition coefficient (Wildman–Crippen LogP) is 2.49. The summed E-state index contributed by atoms with van der Waals surface area (Å²) in [4.78, 5) is 27.3. The van der Waals surface area contributed by atoms with Crippen molar-refractivity contribution in [2.24, 2.45) is 0 Å². The molecule has 3 heterocycles. The minimum absolute atomic E-state index is 0.264. The van der Waals surface area contributed by atoms with Crippen LogP contribution >= 0.6 is 0 Å². The standard InChI is InChI=1S/C20H18N4O3/c1-12-17-11-22-24(15-7-8-21-18(25)10-15)20(26)19(17)13(2)23(12)14-5-4-6-16(9-14)27-3/h4-11H,1-3H3,(H,21,25). The first kappa shape index (κ1) is 16.8. The van der Waals surface area contributed by atoms with Gasteiger partial charge in [0.2, 0.25) is 5.56 Å². The normalized spacial score (nSPS) is 11.1. The Bertz CT molecular complexity index is 1280. The molecule has 0 aliphatic carbocycles. The molecule has 0 radical (unpaired) electrons. The number of aromatic amines is 1. The Hall–Kier alpha value is -3.61. The number of aromatic nitrogens is 4. The highest BCUT2D eigenvalue weighted by molar-refractivity contribution is 5.88. The van der Waals surface area contributed by atoms with Gasteiger partial charge in [0, 0.05) is 40.8 Å². The number of H-pyrrole nitrogens is 1. The SMILES string of the molecule is COc1cccc(-n2c(C)c3cnn(-c4cc[nH]c(=O)c4)c(=O)c3c2C)c1. The largest absolute Gasteiger partial charge is 0.497 e. The Morgan fingerprint density at radius 3 is 2.59 bits per heavy atom. The topological polar surface area (TPSA) is 81.9 Å². The van der Waals surface area contributed by atoms with Crippen LogP contribution in [0.4, 0.5) is 0 Å². The third-order valence-corrected chi connectivity index (χ3v) is 4.72. The molecule has 27 heavy (non-hydrogen) atoms. The zero-order chi connectivity index (χ0) is 19.1. The van der Waals surface area contributed by atoms with Crippen molar-refractivity contribution in [1.29, 1.82) is 0 Å². The van der Waals surface area contributed by atoms with E-state index in [4.69, 9.17) is 4.74 Å². The molecule has 0 saturated carbocycles. The summed E-state index contributed by atoms with van der Waals surface area (Å²) in [6, 6.07) is 10.7. The number of nitrogens with zero attached hydrogens (tertiary/aromatic N) is 3. The molecule has 0 saturated heterocycles. The van der Waals surface area contributed by atoms with Crippen LogP contribution < -0.4 is 15.9 Å². The van der Waals surface area contributed by atoms with Gasteiger partial charge in [-0.2, -0.15) is 9.78 Å². The summed E-state index contributed by atoms with van der Waals surface area (Å²) in [6.45, 7) is 3.85. The van der Waals surface area contributed by atoms with Crippen molar-refractivity contribution in [3.05, 3.63) is 80.9 Å². The summed E-state index contributed by atoms with van der Waals surface area (Å²) >= 11 is 0. The van der Waals surface area contributed by atoms with E-state index in [1.807, 2.05) is 42.7 Å². The van der Waals surface area contributed by atoms with Crippen molar-refractivity contribution in [2.45, 2.75) is 13.8 Å². The zero-order valence-electron chi connectivity index (χ0n) is 15.2. The Morgan fingerprint density at radius 2 is 1.85 bits per heavy atom. The Kier molecular flexibility index (Phi) is 3.92. The molecule has 0 aliphatic rings. The minimum atomic E-state index is -0.289. The van der Waals surface area contributed by atoms with Crippen molar-refractivity contribution in [3.63, 3.8) is 0 Å². The lowest BCUT2D eigenvalue weighted by Crippen LogP contribution is -2.22. The number of fused-ring (bicyclic) bond motifs is 1. The number of rotatable bonds is 3. The Balaban J connectivity index is 2.01. The van der Waals surface area contributed by atoms with Crippen molar-refractivity contribution in [2.75, 3.05) is 7.11 Å². The molecule has 0 fully saturated rings. The fourth-order valence-electron chi connectivity index (χ4n) is 3.45. The second-order valence-electron chi connectivity index (χ2n) is 6.27. The number of methoxy groups -OCH3 is 1. The molecule has 0 spiro atoms. The average Bonchev–Trinajstić information content (AvgIpc) is 2.93. The number of ether oxygens (including phenoxy) is 1. The number of nitrogens with one attached hydrogen (secondary N) is 1. The van der Waals surface area contributed by atoms with Gasteiger partial charge in [-0.3, -0.25) is 9.59 Å². The highest BCUT2D eigenvalue weighted by atomic mass is 16.5. The molecule has 0 amide bonds. The van der Waals surface area contributed by atoms with Crippen LogP contribution in [0.25, 0.3) is 22.1 Å².